The lowest BCUT2D eigenvalue weighted by atomic mass is 10.3. The summed E-state index contributed by atoms with van der Waals surface area (Å²) in [5, 5.41) is 18.6. The topological polar surface area (TPSA) is 105 Å². The van der Waals surface area contributed by atoms with Crippen LogP contribution in [0.2, 0.25) is 5.02 Å². The second-order valence-electron chi connectivity index (χ2n) is 3.63. The van der Waals surface area contributed by atoms with Crippen LogP contribution in [0.1, 0.15) is 0 Å². The monoisotopic (exact) mass is 319 g/mol. The zero-order chi connectivity index (χ0) is 16.1. The molecule has 0 aliphatic rings. The van der Waals surface area contributed by atoms with E-state index in [0.29, 0.717) is 18.2 Å². The molecule has 0 saturated carbocycles. The van der Waals surface area contributed by atoms with E-state index in [-0.39, 0.29) is 0 Å². The van der Waals surface area contributed by atoms with Crippen LogP contribution in [0.5, 0.6) is 5.75 Å². The molecule has 7 nitrogen and oxygen atoms in total. The summed E-state index contributed by atoms with van der Waals surface area (Å²) < 4.78 is 10.4. The van der Waals surface area contributed by atoms with Crippen LogP contribution in [-0.4, -0.2) is 55.6 Å². The van der Waals surface area contributed by atoms with E-state index in [1.807, 2.05) is 24.3 Å². The largest absolute Gasteiger partial charge is 0.491 e. The van der Waals surface area contributed by atoms with Crippen LogP contribution in [0.4, 0.5) is 0 Å². The summed E-state index contributed by atoms with van der Waals surface area (Å²) in [5.41, 5.74) is 0. The van der Waals surface area contributed by atoms with E-state index < -0.39 is 11.9 Å². The lowest BCUT2D eigenvalue weighted by Gasteiger charge is -2.08. The number of carboxylic acids is 2. The molecule has 0 heterocycles. The molecule has 0 bridgehead atoms. The van der Waals surface area contributed by atoms with Crippen molar-refractivity contribution in [3.05, 3.63) is 29.3 Å². The molecular weight excluding hydrogens is 302 g/mol. The summed E-state index contributed by atoms with van der Waals surface area (Å²) in [6, 6.07) is 7.46. The minimum atomic E-state index is -1.82. The first-order chi connectivity index (χ1) is 9.99. The molecule has 0 fully saturated rings. The quantitative estimate of drug-likeness (QED) is 0.510. The maximum absolute atomic E-state index is 9.10. The van der Waals surface area contributed by atoms with Crippen molar-refractivity contribution in [2.75, 3.05) is 33.4 Å². The Balaban J connectivity index is 0.000000567. The molecule has 21 heavy (non-hydrogen) atoms. The predicted octanol–water partition coefficient (Wildman–Crippen LogP) is 1.11. The van der Waals surface area contributed by atoms with Crippen LogP contribution in [0, 0.1) is 0 Å². The SMILES string of the molecule is COCCNCCOc1ccccc1Cl.O=C(O)C(=O)O. The molecule has 0 spiro atoms. The minimum Gasteiger partial charge on any atom is -0.491 e. The van der Waals surface area contributed by atoms with Gasteiger partial charge in [-0.2, -0.15) is 0 Å². The first kappa shape index (κ1) is 19.2. The minimum absolute atomic E-state index is 0.605. The number of ether oxygens (including phenoxy) is 2. The first-order valence-corrected chi connectivity index (χ1v) is 6.40. The number of nitrogens with one attached hydrogen (secondary N) is 1. The van der Waals surface area contributed by atoms with Crippen molar-refractivity contribution in [3.63, 3.8) is 0 Å². The fraction of sp³-hybridized carbons (Fsp3) is 0.385. The lowest BCUT2D eigenvalue weighted by Crippen LogP contribution is -2.24. The molecule has 0 saturated heterocycles. The van der Waals surface area contributed by atoms with Gasteiger partial charge in [0.2, 0.25) is 0 Å². The van der Waals surface area contributed by atoms with Crippen LogP contribution < -0.4 is 10.1 Å². The summed E-state index contributed by atoms with van der Waals surface area (Å²) in [4.78, 5) is 18.2. The van der Waals surface area contributed by atoms with Gasteiger partial charge in [-0.25, -0.2) is 9.59 Å². The maximum Gasteiger partial charge on any atom is 0.414 e. The number of methoxy groups -OCH3 is 1. The van der Waals surface area contributed by atoms with Gasteiger partial charge < -0.3 is 25.0 Å². The molecule has 118 valence electrons. The second-order valence-corrected chi connectivity index (χ2v) is 4.04. The Bertz CT molecular complexity index is 428. The van der Waals surface area contributed by atoms with Gasteiger partial charge in [0, 0.05) is 20.2 Å². The molecule has 0 amide bonds. The number of benzene rings is 1. The molecule has 0 aromatic heterocycles. The van der Waals surface area contributed by atoms with E-state index >= 15 is 0 Å². The summed E-state index contributed by atoms with van der Waals surface area (Å²) in [5.74, 6) is -2.92. The number of carbonyl (C=O) groups is 2. The highest BCUT2D eigenvalue weighted by atomic mass is 35.5. The van der Waals surface area contributed by atoms with Gasteiger partial charge in [0.05, 0.1) is 11.6 Å². The molecule has 8 heteroatoms. The van der Waals surface area contributed by atoms with Crippen molar-refractivity contribution in [1.82, 2.24) is 5.32 Å². The van der Waals surface area contributed by atoms with Crippen LogP contribution in [-0.2, 0) is 14.3 Å². The lowest BCUT2D eigenvalue weighted by molar-refractivity contribution is -0.159. The number of rotatable bonds is 7. The van der Waals surface area contributed by atoms with Crippen molar-refractivity contribution in [2.24, 2.45) is 0 Å². The van der Waals surface area contributed by atoms with Crippen LogP contribution in [0.25, 0.3) is 0 Å². The molecule has 1 rings (SSSR count). The Hall–Kier alpha value is -1.83. The fourth-order valence-electron chi connectivity index (χ4n) is 1.09. The second kappa shape index (κ2) is 12.0. The van der Waals surface area contributed by atoms with E-state index in [2.05, 4.69) is 5.32 Å². The molecular formula is C13H18ClNO6. The smallest absolute Gasteiger partial charge is 0.414 e. The normalized spacial score (nSPS) is 9.43. The molecule has 0 aliphatic heterocycles. The van der Waals surface area contributed by atoms with E-state index in [1.54, 1.807) is 7.11 Å². The summed E-state index contributed by atoms with van der Waals surface area (Å²) in [7, 11) is 1.68. The van der Waals surface area contributed by atoms with Gasteiger partial charge in [-0.15, -0.1) is 0 Å². The molecule has 1 aromatic carbocycles. The van der Waals surface area contributed by atoms with Gasteiger partial charge in [0.1, 0.15) is 12.4 Å². The Kier molecular flexibility index (Phi) is 10.9. The molecule has 0 aliphatic carbocycles. The van der Waals surface area contributed by atoms with Crippen LogP contribution in [0.3, 0.4) is 0 Å². The number of para-hydroxylation sites is 1. The maximum atomic E-state index is 9.10. The summed E-state index contributed by atoms with van der Waals surface area (Å²) in [6.07, 6.45) is 0. The average molecular weight is 320 g/mol. The Morgan fingerprint density at radius 2 is 1.71 bits per heavy atom. The van der Waals surface area contributed by atoms with Gasteiger partial charge in [-0.1, -0.05) is 23.7 Å². The number of hydrogen-bond donors (Lipinski definition) is 3. The zero-order valence-electron chi connectivity index (χ0n) is 11.5. The zero-order valence-corrected chi connectivity index (χ0v) is 12.3. The highest BCUT2D eigenvalue weighted by Gasteiger charge is 2.04. The van der Waals surface area contributed by atoms with E-state index in [0.717, 1.165) is 18.8 Å². The highest BCUT2D eigenvalue weighted by molar-refractivity contribution is 6.32. The van der Waals surface area contributed by atoms with Crippen LogP contribution in [0.15, 0.2) is 24.3 Å². The summed E-state index contributed by atoms with van der Waals surface area (Å²) in [6.45, 7) is 2.94. The summed E-state index contributed by atoms with van der Waals surface area (Å²) >= 11 is 5.92. The first-order valence-electron chi connectivity index (χ1n) is 6.02. The molecule has 1 aromatic rings. The number of hydrogen-bond acceptors (Lipinski definition) is 5. The highest BCUT2D eigenvalue weighted by Crippen LogP contribution is 2.22. The Morgan fingerprint density at radius 3 is 2.24 bits per heavy atom. The Labute approximate surface area is 127 Å². The number of aliphatic carboxylic acids is 2. The van der Waals surface area contributed by atoms with Crippen molar-refractivity contribution in [1.29, 1.82) is 0 Å². The number of halogens is 1. The van der Waals surface area contributed by atoms with Gasteiger partial charge in [-0.05, 0) is 12.1 Å². The van der Waals surface area contributed by atoms with E-state index in [1.165, 1.54) is 0 Å². The van der Waals surface area contributed by atoms with Crippen molar-refractivity contribution in [3.8, 4) is 5.75 Å². The Morgan fingerprint density at radius 1 is 1.14 bits per heavy atom. The third-order valence-corrected chi connectivity index (χ3v) is 2.35. The van der Waals surface area contributed by atoms with Gasteiger partial charge >= 0.3 is 11.9 Å². The predicted molar refractivity (Wildman–Crippen MR) is 77.0 cm³/mol. The number of carboxylic acid groups (broad SMARTS) is 2. The molecule has 0 atom stereocenters. The molecule has 0 radical (unpaired) electrons. The van der Waals surface area contributed by atoms with Crippen LogP contribution >= 0.6 is 11.6 Å². The van der Waals surface area contributed by atoms with Crippen molar-refractivity contribution < 1.29 is 29.3 Å². The van der Waals surface area contributed by atoms with Gasteiger partial charge in [0.25, 0.3) is 0 Å². The molecule has 0 unspecified atom stereocenters. The van der Waals surface area contributed by atoms with E-state index in [4.69, 9.17) is 40.9 Å². The third kappa shape index (κ3) is 10.6. The standard InChI is InChI=1S/C11H16ClNO2.C2H2O4/c1-14-8-6-13-7-9-15-11-5-3-2-4-10(11)12;3-1(4)2(5)6/h2-5,13H,6-9H2,1H3;(H,3,4)(H,5,6). The van der Waals surface area contributed by atoms with E-state index in [9.17, 15) is 0 Å². The van der Waals surface area contributed by atoms with Gasteiger partial charge in [-0.3, -0.25) is 0 Å². The third-order valence-electron chi connectivity index (χ3n) is 2.04. The molecule has 3 N–H and O–H groups in total. The van der Waals surface area contributed by atoms with Crippen molar-refractivity contribution in [2.45, 2.75) is 0 Å². The van der Waals surface area contributed by atoms with Gasteiger partial charge in [0.15, 0.2) is 0 Å². The fourth-order valence-corrected chi connectivity index (χ4v) is 1.28. The average Bonchev–Trinajstić information content (AvgIpc) is 2.45. The van der Waals surface area contributed by atoms with Crippen molar-refractivity contribution >= 4 is 23.5 Å².